The van der Waals surface area contributed by atoms with Crippen molar-refractivity contribution < 1.29 is 18.4 Å². The molecule has 0 bridgehead atoms. The first kappa shape index (κ1) is 15.9. The molecule has 24 heavy (non-hydrogen) atoms. The molecule has 0 fully saturated rings. The molecule has 0 unspecified atom stereocenters. The Labute approximate surface area is 136 Å². The summed E-state index contributed by atoms with van der Waals surface area (Å²) >= 11 is 0. The lowest BCUT2D eigenvalue weighted by atomic mass is 10.2. The molecule has 0 saturated carbocycles. The minimum Gasteiger partial charge on any atom is -0.460 e. The number of hydrogen-bond donors (Lipinski definition) is 1. The molecule has 0 saturated heterocycles. The first-order valence-corrected chi connectivity index (χ1v) is 7.38. The number of benzene rings is 1. The second-order valence-corrected chi connectivity index (χ2v) is 5.01. The number of aromatic nitrogens is 3. The zero-order valence-electron chi connectivity index (χ0n) is 13.2. The number of rotatable bonds is 5. The standard InChI is InChI=1S/C16H15FN4O3/c1-3-23-16(22)14-19-13(12-9(2)21-24-15(12)20-14)18-8-10-6-4-5-7-11(10)17/h4-7H,3,8H2,1-2H3,(H,18,19,20). The SMILES string of the molecule is CCOC(=O)c1nc(NCc2ccccc2F)c2c(C)noc2n1. The molecule has 2 heterocycles. The fraction of sp³-hybridized carbons (Fsp3) is 0.250. The highest BCUT2D eigenvalue weighted by atomic mass is 19.1. The van der Waals surface area contributed by atoms with Crippen LogP contribution in [0.1, 0.15) is 28.8 Å². The van der Waals surface area contributed by atoms with E-state index >= 15 is 0 Å². The van der Waals surface area contributed by atoms with E-state index in [1.807, 2.05) is 0 Å². The average Bonchev–Trinajstić information content (AvgIpc) is 2.95. The Morgan fingerprint density at radius 1 is 1.33 bits per heavy atom. The predicted octanol–water partition coefficient (Wildman–Crippen LogP) is 2.85. The van der Waals surface area contributed by atoms with E-state index in [1.165, 1.54) is 6.07 Å². The van der Waals surface area contributed by atoms with Crippen LogP contribution in [-0.4, -0.2) is 27.7 Å². The highest BCUT2D eigenvalue weighted by Crippen LogP contribution is 2.24. The van der Waals surface area contributed by atoms with Crippen LogP contribution in [0, 0.1) is 12.7 Å². The number of aryl methyl sites for hydroxylation is 1. The van der Waals surface area contributed by atoms with Crippen molar-refractivity contribution in [3.05, 3.63) is 47.2 Å². The zero-order chi connectivity index (χ0) is 17.1. The summed E-state index contributed by atoms with van der Waals surface area (Å²) in [4.78, 5) is 20.1. The minimum absolute atomic E-state index is 0.142. The van der Waals surface area contributed by atoms with E-state index in [2.05, 4.69) is 20.4 Å². The lowest BCUT2D eigenvalue weighted by Gasteiger charge is -2.09. The summed E-state index contributed by atoms with van der Waals surface area (Å²) in [5, 5.41) is 7.38. The first-order chi connectivity index (χ1) is 11.6. The minimum atomic E-state index is -0.664. The Balaban J connectivity index is 1.97. The lowest BCUT2D eigenvalue weighted by Crippen LogP contribution is -2.12. The van der Waals surface area contributed by atoms with Gasteiger partial charge in [-0.15, -0.1) is 0 Å². The highest BCUT2D eigenvalue weighted by molar-refractivity contribution is 5.93. The molecule has 0 aliphatic carbocycles. The number of ether oxygens (including phenoxy) is 1. The van der Waals surface area contributed by atoms with Crippen LogP contribution in [0.5, 0.6) is 0 Å². The molecule has 1 aromatic carbocycles. The molecule has 3 aromatic rings. The van der Waals surface area contributed by atoms with Gasteiger partial charge in [0.05, 0.1) is 12.3 Å². The molecule has 0 aliphatic heterocycles. The van der Waals surface area contributed by atoms with E-state index in [0.29, 0.717) is 22.5 Å². The van der Waals surface area contributed by atoms with Gasteiger partial charge in [0, 0.05) is 12.1 Å². The van der Waals surface area contributed by atoms with Crippen LogP contribution < -0.4 is 5.32 Å². The number of nitrogens with one attached hydrogen (secondary N) is 1. The monoisotopic (exact) mass is 330 g/mol. The lowest BCUT2D eigenvalue weighted by molar-refractivity contribution is 0.0512. The fourth-order valence-corrected chi connectivity index (χ4v) is 2.23. The molecule has 0 atom stereocenters. The van der Waals surface area contributed by atoms with Gasteiger partial charge in [-0.3, -0.25) is 0 Å². The van der Waals surface area contributed by atoms with Crippen LogP contribution >= 0.6 is 0 Å². The number of halogens is 1. The van der Waals surface area contributed by atoms with Crippen molar-refractivity contribution in [3.8, 4) is 0 Å². The van der Waals surface area contributed by atoms with Crippen LogP contribution in [0.3, 0.4) is 0 Å². The van der Waals surface area contributed by atoms with Crippen LogP contribution in [0.15, 0.2) is 28.8 Å². The molecule has 0 spiro atoms. The Kier molecular flexibility index (Phi) is 4.37. The molecule has 7 nitrogen and oxygen atoms in total. The molecule has 8 heteroatoms. The summed E-state index contributed by atoms with van der Waals surface area (Å²) in [6.45, 7) is 3.80. The number of anilines is 1. The van der Waals surface area contributed by atoms with Gasteiger partial charge in [0.2, 0.25) is 5.82 Å². The van der Waals surface area contributed by atoms with Crippen LogP contribution in [0.2, 0.25) is 0 Å². The second-order valence-electron chi connectivity index (χ2n) is 5.01. The Bertz CT molecular complexity index is 894. The summed E-state index contributed by atoms with van der Waals surface area (Å²) in [7, 11) is 0. The third-order valence-electron chi connectivity index (χ3n) is 3.37. The number of carbonyl (C=O) groups is 1. The average molecular weight is 330 g/mol. The largest absolute Gasteiger partial charge is 0.460 e. The molecule has 0 aliphatic rings. The normalized spacial score (nSPS) is 10.8. The summed E-state index contributed by atoms with van der Waals surface area (Å²) in [6, 6.07) is 6.39. The Hall–Kier alpha value is -3.03. The molecule has 2 aromatic heterocycles. The van der Waals surface area contributed by atoms with Gasteiger partial charge in [0.1, 0.15) is 17.0 Å². The third kappa shape index (κ3) is 3.03. The van der Waals surface area contributed by atoms with E-state index in [9.17, 15) is 9.18 Å². The number of esters is 1. The van der Waals surface area contributed by atoms with Crippen molar-refractivity contribution in [1.29, 1.82) is 0 Å². The number of hydrogen-bond acceptors (Lipinski definition) is 7. The summed E-state index contributed by atoms with van der Waals surface area (Å²) in [6.07, 6.45) is 0. The van der Waals surface area contributed by atoms with Gasteiger partial charge in [-0.2, -0.15) is 4.98 Å². The van der Waals surface area contributed by atoms with Crippen molar-refractivity contribution in [1.82, 2.24) is 15.1 Å². The molecule has 124 valence electrons. The van der Waals surface area contributed by atoms with Gasteiger partial charge in [0.15, 0.2) is 0 Å². The first-order valence-electron chi connectivity index (χ1n) is 7.38. The van der Waals surface area contributed by atoms with E-state index in [4.69, 9.17) is 9.26 Å². The van der Waals surface area contributed by atoms with Crippen molar-refractivity contribution in [2.75, 3.05) is 11.9 Å². The third-order valence-corrected chi connectivity index (χ3v) is 3.37. The maximum Gasteiger partial charge on any atom is 0.376 e. The maximum absolute atomic E-state index is 13.8. The molecule has 1 N–H and O–H groups in total. The van der Waals surface area contributed by atoms with Gasteiger partial charge in [-0.05, 0) is 19.9 Å². The maximum atomic E-state index is 13.8. The van der Waals surface area contributed by atoms with Gasteiger partial charge in [-0.25, -0.2) is 14.2 Å². The molecular weight excluding hydrogens is 315 g/mol. The van der Waals surface area contributed by atoms with Gasteiger partial charge in [-0.1, -0.05) is 23.4 Å². The van der Waals surface area contributed by atoms with Crippen molar-refractivity contribution in [3.63, 3.8) is 0 Å². The molecule has 0 amide bonds. The van der Waals surface area contributed by atoms with E-state index in [-0.39, 0.29) is 30.5 Å². The zero-order valence-corrected chi connectivity index (χ0v) is 13.2. The van der Waals surface area contributed by atoms with E-state index in [1.54, 1.807) is 32.0 Å². The second kappa shape index (κ2) is 6.61. The highest BCUT2D eigenvalue weighted by Gasteiger charge is 2.19. The quantitative estimate of drug-likeness (QED) is 0.719. The Morgan fingerprint density at radius 3 is 2.88 bits per heavy atom. The molecule has 3 rings (SSSR count). The summed E-state index contributed by atoms with van der Waals surface area (Å²) in [5.74, 6) is -0.799. The molecular formula is C16H15FN4O3. The van der Waals surface area contributed by atoms with E-state index < -0.39 is 5.97 Å². The number of nitrogens with zero attached hydrogens (tertiary/aromatic N) is 3. The van der Waals surface area contributed by atoms with Crippen molar-refractivity contribution in [2.45, 2.75) is 20.4 Å². The number of carbonyl (C=O) groups excluding carboxylic acids is 1. The summed E-state index contributed by atoms with van der Waals surface area (Å²) in [5.41, 5.74) is 1.20. The number of fused-ring (bicyclic) bond motifs is 1. The van der Waals surface area contributed by atoms with Gasteiger partial charge >= 0.3 is 5.97 Å². The van der Waals surface area contributed by atoms with Crippen molar-refractivity contribution >= 4 is 22.9 Å². The topological polar surface area (TPSA) is 90.1 Å². The van der Waals surface area contributed by atoms with Crippen LogP contribution in [0.4, 0.5) is 10.2 Å². The summed E-state index contributed by atoms with van der Waals surface area (Å²) < 4.78 is 23.8. The van der Waals surface area contributed by atoms with Crippen LogP contribution in [-0.2, 0) is 11.3 Å². The fourth-order valence-electron chi connectivity index (χ4n) is 2.23. The van der Waals surface area contributed by atoms with E-state index in [0.717, 1.165) is 0 Å². The van der Waals surface area contributed by atoms with Gasteiger partial charge in [0.25, 0.3) is 5.71 Å². The Morgan fingerprint density at radius 2 is 2.12 bits per heavy atom. The predicted molar refractivity (Wildman–Crippen MR) is 84.0 cm³/mol. The molecule has 0 radical (unpaired) electrons. The smallest absolute Gasteiger partial charge is 0.376 e. The van der Waals surface area contributed by atoms with Gasteiger partial charge < -0.3 is 14.6 Å². The van der Waals surface area contributed by atoms with Crippen LogP contribution in [0.25, 0.3) is 11.1 Å². The van der Waals surface area contributed by atoms with Crippen molar-refractivity contribution in [2.24, 2.45) is 0 Å².